The molecule has 152 valence electrons. The summed E-state index contributed by atoms with van der Waals surface area (Å²) in [6.07, 6.45) is 14.5. The Morgan fingerprint density at radius 2 is 2.11 bits per heavy atom. The second-order valence-electron chi connectivity index (χ2n) is 8.19. The van der Waals surface area contributed by atoms with Crippen molar-refractivity contribution in [1.82, 2.24) is 0 Å². The normalized spacial score (nSPS) is 34.6. The summed E-state index contributed by atoms with van der Waals surface area (Å²) in [6.45, 7) is 2.83. The van der Waals surface area contributed by atoms with Crippen molar-refractivity contribution in [2.24, 2.45) is 11.8 Å². The Kier molecular flexibility index (Phi) is 7.50. The van der Waals surface area contributed by atoms with E-state index < -0.39 is 5.97 Å². The molecule has 27 heavy (non-hydrogen) atoms. The van der Waals surface area contributed by atoms with Gasteiger partial charge in [-0.25, -0.2) is 0 Å². The molecule has 5 nitrogen and oxygen atoms in total. The summed E-state index contributed by atoms with van der Waals surface area (Å²) in [4.78, 5) is 10.6. The molecule has 0 radical (unpaired) electrons. The third kappa shape index (κ3) is 5.21. The van der Waals surface area contributed by atoms with Gasteiger partial charge < -0.3 is 19.7 Å². The molecule has 3 fully saturated rings. The second kappa shape index (κ2) is 9.85. The van der Waals surface area contributed by atoms with Crippen LogP contribution < -0.4 is 0 Å². The van der Waals surface area contributed by atoms with Crippen LogP contribution in [0.5, 0.6) is 0 Å². The van der Waals surface area contributed by atoms with E-state index in [1.54, 1.807) is 0 Å². The number of ether oxygens (including phenoxy) is 2. The number of hydrogen-bond donors (Lipinski definition) is 2. The van der Waals surface area contributed by atoms with Crippen molar-refractivity contribution in [2.75, 3.05) is 6.61 Å². The topological polar surface area (TPSA) is 76.0 Å². The summed E-state index contributed by atoms with van der Waals surface area (Å²) in [6, 6.07) is 0. The highest BCUT2D eigenvalue weighted by atomic mass is 16.6. The Labute approximate surface area is 162 Å². The first-order chi connectivity index (χ1) is 13.1. The molecule has 6 atom stereocenters. The number of carbonyl (C=O) groups is 1. The van der Waals surface area contributed by atoms with Crippen LogP contribution in [0.3, 0.4) is 0 Å². The number of allylic oxidation sites excluding steroid dienone is 1. The average molecular weight is 379 g/mol. The van der Waals surface area contributed by atoms with E-state index in [4.69, 9.17) is 14.6 Å². The number of hydrogen-bond acceptors (Lipinski definition) is 4. The summed E-state index contributed by atoms with van der Waals surface area (Å²) >= 11 is 0. The van der Waals surface area contributed by atoms with Crippen LogP contribution in [0.15, 0.2) is 23.8 Å². The maximum Gasteiger partial charge on any atom is 0.303 e. The van der Waals surface area contributed by atoms with Gasteiger partial charge in [0.05, 0.1) is 31.0 Å². The Balaban J connectivity index is 1.57. The van der Waals surface area contributed by atoms with E-state index in [2.05, 4.69) is 19.1 Å². The molecule has 0 aliphatic carbocycles. The largest absolute Gasteiger partial charge is 0.481 e. The summed E-state index contributed by atoms with van der Waals surface area (Å²) in [5.74, 6) is -0.0574. The van der Waals surface area contributed by atoms with Gasteiger partial charge in [0, 0.05) is 24.7 Å². The van der Waals surface area contributed by atoms with Crippen molar-refractivity contribution in [3.63, 3.8) is 0 Å². The minimum absolute atomic E-state index is 0.140. The molecule has 0 amide bonds. The molecule has 0 unspecified atom stereocenters. The molecular weight excluding hydrogens is 344 g/mol. The number of aliphatic carboxylic acids is 1. The van der Waals surface area contributed by atoms with Gasteiger partial charge in [-0.3, -0.25) is 4.79 Å². The number of unbranched alkanes of at least 4 members (excludes halogenated alkanes) is 4. The Hall–Kier alpha value is -1.17. The fourth-order valence-electron chi connectivity index (χ4n) is 4.75. The van der Waals surface area contributed by atoms with Crippen LogP contribution in [0.1, 0.15) is 64.7 Å². The summed E-state index contributed by atoms with van der Waals surface area (Å²) < 4.78 is 12.2. The zero-order valence-electron chi connectivity index (χ0n) is 16.4. The van der Waals surface area contributed by atoms with Crippen LogP contribution in [0.4, 0.5) is 0 Å². The monoisotopic (exact) mass is 378 g/mol. The molecule has 5 heteroatoms. The van der Waals surface area contributed by atoms with Crippen molar-refractivity contribution in [2.45, 2.75) is 89.1 Å². The lowest BCUT2D eigenvalue weighted by atomic mass is 9.72. The van der Waals surface area contributed by atoms with Crippen LogP contribution in [-0.2, 0) is 14.3 Å². The first kappa shape index (κ1) is 20.6. The predicted molar refractivity (Wildman–Crippen MR) is 103 cm³/mol. The molecular formula is C22H34O5. The van der Waals surface area contributed by atoms with Gasteiger partial charge in [-0.15, -0.1) is 0 Å². The highest BCUT2D eigenvalue weighted by Crippen LogP contribution is 2.51. The minimum Gasteiger partial charge on any atom is -0.481 e. The zero-order chi connectivity index (χ0) is 19.2. The van der Waals surface area contributed by atoms with E-state index in [0.29, 0.717) is 24.9 Å². The average Bonchev–Trinajstić information content (AvgIpc) is 3.21. The van der Waals surface area contributed by atoms with E-state index in [0.717, 1.165) is 32.1 Å². The molecule has 0 aromatic heterocycles. The SMILES string of the molecule is CCCCC[C@H](O)C=C[C@H]1[C@@H]2C(=CCCCCC(=O)O)CO[C@@H]3C[C@H]1O[C@H]23. The van der Waals surface area contributed by atoms with E-state index >= 15 is 0 Å². The number of aliphatic hydroxyl groups is 1. The number of rotatable bonds is 11. The lowest BCUT2D eigenvalue weighted by Crippen LogP contribution is -2.44. The lowest BCUT2D eigenvalue weighted by molar-refractivity contribution is -0.137. The van der Waals surface area contributed by atoms with E-state index in [1.165, 1.54) is 18.4 Å². The minimum atomic E-state index is -0.726. The smallest absolute Gasteiger partial charge is 0.303 e. The maximum absolute atomic E-state index is 10.6. The van der Waals surface area contributed by atoms with Crippen LogP contribution in [0.2, 0.25) is 0 Å². The fourth-order valence-corrected chi connectivity index (χ4v) is 4.75. The van der Waals surface area contributed by atoms with Crippen LogP contribution in [-0.4, -0.2) is 47.2 Å². The first-order valence-electron chi connectivity index (χ1n) is 10.6. The number of carboxylic acids is 1. The van der Waals surface area contributed by atoms with Crippen molar-refractivity contribution >= 4 is 5.97 Å². The molecule has 3 heterocycles. The highest BCUT2D eigenvalue weighted by molar-refractivity contribution is 5.66. The van der Waals surface area contributed by atoms with Crippen LogP contribution in [0.25, 0.3) is 0 Å². The van der Waals surface area contributed by atoms with Gasteiger partial charge in [0.1, 0.15) is 0 Å². The number of aliphatic hydroxyl groups excluding tert-OH is 1. The Morgan fingerprint density at radius 3 is 2.89 bits per heavy atom. The maximum atomic E-state index is 10.6. The van der Waals surface area contributed by atoms with Gasteiger partial charge in [-0.1, -0.05) is 44.4 Å². The second-order valence-corrected chi connectivity index (χ2v) is 8.19. The summed E-state index contributed by atoms with van der Waals surface area (Å²) in [5.41, 5.74) is 1.30. The van der Waals surface area contributed by atoms with Gasteiger partial charge in [0.15, 0.2) is 0 Å². The third-order valence-corrected chi connectivity index (χ3v) is 6.16. The molecule has 3 aliphatic rings. The Morgan fingerprint density at radius 1 is 1.26 bits per heavy atom. The molecule has 0 aromatic carbocycles. The molecule has 0 aromatic rings. The predicted octanol–water partition coefficient (Wildman–Crippen LogP) is 3.86. The number of fused-ring (bicyclic) bond motifs is 1. The van der Waals surface area contributed by atoms with Gasteiger partial charge >= 0.3 is 5.97 Å². The molecule has 3 aliphatic heterocycles. The van der Waals surface area contributed by atoms with Crippen molar-refractivity contribution in [3.05, 3.63) is 23.8 Å². The van der Waals surface area contributed by atoms with E-state index in [-0.39, 0.29) is 30.8 Å². The van der Waals surface area contributed by atoms with Crippen molar-refractivity contribution in [3.8, 4) is 0 Å². The quantitative estimate of drug-likeness (QED) is 0.422. The van der Waals surface area contributed by atoms with Crippen LogP contribution >= 0.6 is 0 Å². The zero-order valence-corrected chi connectivity index (χ0v) is 16.4. The Bertz CT molecular complexity index is 555. The number of carboxylic acid groups (broad SMARTS) is 1. The lowest BCUT2D eigenvalue weighted by Gasteiger charge is -2.38. The van der Waals surface area contributed by atoms with E-state index in [9.17, 15) is 9.90 Å². The van der Waals surface area contributed by atoms with Crippen LogP contribution in [0, 0.1) is 11.8 Å². The van der Waals surface area contributed by atoms with E-state index in [1.807, 2.05) is 6.08 Å². The molecule has 2 bridgehead atoms. The van der Waals surface area contributed by atoms with Gasteiger partial charge in [0.2, 0.25) is 0 Å². The van der Waals surface area contributed by atoms with Gasteiger partial charge in [-0.05, 0) is 31.3 Å². The fraction of sp³-hybridized carbons (Fsp3) is 0.773. The van der Waals surface area contributed by atoms with Gasteiger partial charge in [0.25, 0.3) is 0 Å². The molecule has 3 saturated heterocycles. The summed E-state index contributed by atoms with van der Waals surface area (Å²) in [5, 5.41) is 19.0. The first-order valence-corrected chi connectivity index (χ1v) is 10.6. The molecule has 2 N–H and O–H groups in total. The van der Waals surface area contributed by atoms with Crippen molar-refractivity contribution < 1.29 is 24.5 Å². The van der Waals surface area contributed by atoms with Crippen molar-refractivity contribution in [1.29, 1.82) is 0 Å². The third-order valence-electron chi connectivity index (χ3n) is 6.16. The highest BCUT2D eigenvalue weighted by Gasteiger charge is 2.56. The summed E-state index contributed by atoms with van der Waals surface area (Å²) in [7, 11) is 0. The molecule has 0 spiro atoms. The molecule has 0 saturated carbocycles. The standard InChI is InChI=1S/C22H34O5/c1-2-3-5-9-16(23)11-12-17-18-13-19-22(27-18)21(17)15(14-26-19)8-6-4-7-10-20(24)25/h8,11-12,16-19,21-23H,2-7,9-10,13-14H2,1H3,(H,24,25)/t16-,17+,18+,19+,21-,22-/m0/s1. The van der Waals surface area contributed by atoms with Gasteiger partial charge in [-0.2, -0.15) is 0 Å². The molecule has 3 rings (SSSR count).